The lowest BCUT2D eigenvalue weighted by Gasteiger charge is -2.11. The molecule has 6 nitrogen and oxygen atoms in total. The maximum atomic E-state index is 12.8. The number of benzene rings is 2. The molecule has 2 aromatic heterocycles. The summed E-state index contributed by atoms with van der Waals surface area (Å²) in [6, 6.07) is 21.2. The summed E-state index contributed by atoms with van der Waals surface area (Å²) in [5, 5.41) is 7.28. The van der Waals surface area contributed by atoms with E-state index in [1.165, 1.54) is 0 Å². The third-order valence-electron chi connectivity index (χ3n) is 4.82. The third kappa shape index (κ3) is 4.22. The minimum absolute atomic E-state index is 0.212. The van der Waals surface area contributed by atoms with E-state index in [0.717, 1.165) is 28.3 Å². The molecule has 1 N–H and O–H groups in total. The Labute approximate surface area is 175 Å². The summed E-state index contributed by atoms with van der Waals surface area (Å²) in [5.74, 6) is 1.22. The molecule has 4 aromatic rings. The quantitative estimate of drug-likeness (QED) is 0.510. The van der Waals surface area contributed by atoms with Crippen LogP contribution in [0.15, 0.2) is 79.1 Å². The summed E-state index contributed by atoms with van der Waals surface area (Å²) in [5.41, 5.74) is 3.99. The van der Waals surface area contributed by atoms with Gasteiger partial charge in [-0.3, -0.25) is 4.79 Å². The van der Waals surface area contributed by atoms with Crippen molar-refractivity contribution in [3.05, 3.63) is 102 Å². The second kappa shape index (κ2) is 8.61. The van der Waals surface area contributed by atoms with E-state index in [1.54, 1.807) is 17.1 Å². The number of hydrogen-bond acceptors (Lipinski definition) is 4. The Morgan fingerprint density at radius 2 is 1.83 bits per heavy atom. The molecule has 0 saturated carbocycles. The Balaban J connectivity index is 1.45. The highest BCUT2D eigenvalue weighted by Gasteiger charge is 2.16. The average molecular weight is 398 g/mol. The predicted octanol–water partition coefficient (Wildman–Crippen LogP) is 4.72. The topological polar surface area (TPSA) is 69.0 Å². The number of hydrogen-bond donors (Lipinski definition) is 1. The lowest BCUT2D eigenvalue weighted by Crippen LogP contribution is -2.14. The summed E-state index contributed by atoms with van der Waals surface area (Å²) in [6.45, 7) is 4.29. The molecule has 30 heavy (non-hydrogen) atoms. The number of pyridine rings is 1. The van der Waals surface area contributed by atoms with Crippen LogP contribution in [0.25, 0.3) is 5.82 Å². The van der Waals surface area contributed by atoms with Gasteiger partial charge in [0.25, 0.3) is 5.91 Å². The molecule has 0 unspecified atom stereocenters. The Morgan fingerprint density at radius 1 is 1.03 bits per heavy atom. The van der Waals surface area contributed by atoms with Crippen LogP contribution in [0, 0.1) is 13.8 Å². The standard InChI is InChI=1S/C24H22N4O2/c1-17-14-20(30-16-19-8-4-3-5-9-19)11-12-22(17)27-24(29)21-15-26-28(18(21)2)23-10-6-7-13-25-23/h3-15H,16H2,1-2H3,(H,27,29). The van der Waals surface area contributed by atoms with Gasteiger partial charge in [0.1, 0.15) is 12.4 Å². The van der Waals surface area contributed by atoms with E-state index in [1.807, 2.05) is 80.6 Å². The minimum atomic E-state index is -0.212. The molecule has 6 heteroatoms. The highest BCUT2D eigenvalue weighted by molar-refractivity contribution is 6.05. The van der Waals surface area contributed by atoms with Gasteiger partial charge in [-0.05, 0) is 55.3 Å². The molecular weight excluding hydrogens is 376 g/mol. The van der Waals surface area contributed by atoms with Crippen LogP contribution in [-0.4, -0.2) is 20.7 Å². The zero-order valence-corrected chi connectivity index (χ0v) is 16.9. The fraction of sp³-hybridized carbons (Fsp3) is 0.125. The molecule has 2 aromatic carbocycles. The van der Waals surface area contributed by atoms with Crippen molar-refractivity contribution in [2.24, 2.45) is 0 Å². The molecule has 0 bridgehead atoms. The summed E-state index contributed by atoms with van der Waals surface area (Å²) in [6.07, 6.45) is 3.26. The van der Waals surface area contributed by atoms with E-state index in [-0.39, 0.29) is 5.91 Å². The SMILES string of the molecule is Cc1cc(OCc2ccccc2)ccc1NC(=O)c1cnn(-c2ccccn2)c1C. The lowest BCUT2D eigenvalue weighted by atomic mass is 10.1. The number of carbonyl (C=O) groups is 1. The predicted molar refractivity (Wildman–Crippen MR) is 116 cm³/mol. The van der Waals surface area contributed by atoms with Gasteiger partial charge in [-0.25, -0.2) is 9.67 Å². The summed E-state index contributed by atoms with van der Waals surface area (Å²) in [7, 11) is 0. The zero-order valence-electron chi connectivity index (χ0n) is 16.9. The van der Waals surface area contributed by atoms with Crippen molar-refractivity contribution < 1.29 is 9.53 Å². The van der Waals surface area contributed by atoms with Gasteiger partial charge in [0.05, 0.1) is 17.5 Å². The van der Waals surface area contributed by atoms with Crippen molar-refractivity contribution in [3.8, 4) is 11.6 Å². The van der Waals surface area contributed by atoms with Crippen LogP contribution >= 0.6 is 0 Å². The average Bonchev–Trinajstić information content (AvgIpc) is 3.16. The van der Waals surface area contributed by atoms with Gasteiger partial charge < -0.3 is 10.1 Å². The van der Waals surface area contributed by atoms with Crippen LogP contribution in [0.2, 0.25) is 0 Å². The fourth-order valence-electron chi connectivity index (χ4n) is 3.14. The molecule has 0 spiro atoms. The van der Waals surface area contributed by atoms with Crippen molar-refractivity contribution in [3.63, 3.8) is 0 Å². The first-order valence-electron chi connectivity index (χ1n) is 9.66. The van der Waals surface area contributed by atoms with Crippen molar-refractivity contribution in [2.75, 3.05) is 5.32 Å². The van der Waals surface area contributed by atoms with Crippen LogP contribution < -0.4 is 10.1 Å². The van der Waals surface area contributed by atoms with Gasteiger partial charge >= 0.3 is 0 Å². The van der Waals surface area contributed by atoms with Crippen molar-refractivity contribution in [1.82, 2.24) is 14.8 Å². The van der Waals surface area contributed by atoms with Gasteiger partial charge in [0, 0.05) is 11.9 Å². The first-order valence-corrected chi connectivity index (χ1v) is 9.66. The molecule has 0 saturated heterocycles. The summed E-state index contributed by atoms with van der Waals surface area (Å²) >= 11 is 0. The number of ether oxygens (including phenoxy) is 1. The number of anilines is 1. The number of aromatic nitrogens is 3. The minimum Gasteiger partial charge on any atom is -0.489 e. The Morgan fingerprint density at radius 3 is 2.57 bits per heavy atom. The largest absolute Gasteiger partial charge is 0.489 e. The monoisotopic (exact) mass is 398 g/mol. The second-order valence-corrected chi connectivity index (χ2v) is 6.95. The zero-order chi connectivity index (χ0) is 20.9. The molecule has 0 radical (unpaired) electrons. The first kappa shape index (κ1) is 19.4. The maximum absolute atomic E-state index is 12.8. The highest BCUT2D eigenvalue weighted by Crippen LogP contribution is 2.23. The molecule has 0 atom stereocenters. The van der Waals surface area contributed by atoms with E-state index in [9.17, 15) is 4.79 Å². The number of carbonyl (C=O) groups excluding carboxylic acids is 1. The molecule has 1 amide bonds. The van der Waals surface area contributed by atoms with Crippen molar-refractivity contribution >= 4 is 11.6 Å². The lowest BCUT2D eigenvalue weighted by molar-refractivity contribution is 0.102. The highest BCUT2D eigenvalue weighted by atomic mass is 16.5. The molecule has 0 fully saturated rings. The summed E-state index contributed by atoms with van der Waals surface area (Å²) < 4.78 is 7.51. The Kier molecular flexibility index (Phi) is 5.57. The molecule has 150 valence electrons. The van der Waals surface area contributed by atoms with Crippen LogP contribution in [0.4, 0.5) is 5.69 Å². The first-order chi connectivity index (χ1) is 14.6. The van der Waals surface area contributed by atoms with E-state index < -0.39 is 0 Å². The second-order valence-electron chi connectivity index (χ2n) is 6.95. The molecule has 4 rings (SSSR count). The van der Waals surface area contributed by atoms with Gasteiger partial charge in [0.2, 0.25) is 0 Å². The smallest absolute Gasteiger partial charge is 0.259 e. The Hall–Kier alpha value is -3.93. The number of aryl methyl sites for hydroxylation is 1. The fourth-order valence-corrected chi connectivity index (χ4v) is 3.14. The number of amides is 1. The van der Waals surface area contributed by atoms with E-state index in [2.05, 4.69) is 15.4 Å². The van der Waals surface area contributed by atoms with Gasteiger partial charge in [-0.2, -0.15) is 5.10 Å². The maximum Gasteiger partial charge on any atom is 0.259 e. The van der Waals surface area contributed by atoms with Crippen LogP contribution in [0.3, 0.4) is 0 Å². The van der Waals surface area contributed by atoms with Gasteiger partial charge in [-0.1, -0.05) is 36.4 Å². The molecular formula is C24H22N4O2. The number of nitrogens with zero attached hydrogens (tertiary/aromatic N) is 3. The molecule has 0 aliphatic rings. The van der Waals surface area contributed by atoms with E-state index >= 15 is 0 Å². The van der Waals surface area contributed by atoms with E-state index in [4.69, 9.17) is 4.74 Å². The van der Waals surface area contributed by atoms with E-state index in [0.29, 0.717) is 18.0 Å². The Bertz CT molecular complexity index is 1150. The molecule has 2 heterocycles. The molecule has 0 aliphatic heterocycles. The normalized spacial score (nSPS) is 10.6. The van der Waals surface area contributed by atoms with Gasteiger partial charge in [0.15, 0.2) is 5.82 Å². The van der Waals surface area contributed by atoms with Crippen molar-refractivity contribution in [2.45, 2.75) is 20.5 Å². The van der Waals surface area contributed by atoms with Gasteiger partial charge in [-0.15, -0.1) is 0 Å². The van der Waals surface area contributed by atoms with Crippen LogP contribution in [-0.2, 0) is 6.61 Å². The molecule has 0 aliphatic carbocycles. The number of rotatable bonds is 6. The van der Waals surface area contributed by atoms with Crippen LogP contribution in [0.5, 0.6) is 5.75 Å². The third-order valence-corrected chi connectivity index (χ3v) is 4.82. The number of nitrogens with one attached hydrogen (secondary N) is 1. The summed E-state index contributed by atoms with van der Waals surface area (Å²) in [4.78, 5) is 17.1. The van der Waals surface area contributed by atoms with Crippen molar-refractivity contribution in [1.29, 1.82) is 0 Å². The van der Waals surface area contributed by atoms with Crippen LogP contribution in [0.1, 0.15) is 27.2 Å².